The second-order valence-corrected chi connectivity index (χ2v) is 4.62. The van der Waals surface area contributed by atoms with E-state index in [0.29, 0.717) is 10.6 Å². The van der Waals surface area contributed by atoms with Crippen molar-refractivity contribution in [1.29, 1.82) is 0 Å². The molecule has 1 unspecified atom stereocenters. The van der Waals surface area contributed by atoms with Crippen LogP contribution in [0.1, 0.15) is 22.7 Å². The van der Waals surface area contributed by atoms with Crippen molar-refractivity contribution in [2.24, 2.45) is 5.84 Å². The van der Waals surface area contributed by atoms with Crippen LogP contribution in [0.4, 0.5) is 4.39 Å². The van der Waals surface area contributed by atoms with Crippen LogP contribution in [-0.4, -0.2) is 0 Å². The highest BCUT2D eigenvalue weighted by atomic mass is 35.5. The van der Waals surface area contributed by atoms with Gasteiger partial charge in [-0.1, -0.05) is 47.5 Å². The fourth-order valence-corrected chi connectivity index (χ4v) is 2.11. The first-order valence-corrected chi connectivity index (χ1v) is 5.97. The molecule has 0 aliphatic carbocycles. The Morgan fingerprint density at radius 2 is 2.00 bits per heavy atom. The van der Waals surface area contributed by atoms with E-state index in [1.165, 1.54) is 6.07 Å². The van der Waals surface area contributed by atoms with Gasteiger partial charge in [0.25, 0.3) is 0 Å². The maximum absolute atomic E-state index is 13.9. The minimum absolute atomic E-state index is 0.369. The molecule has 1 atom stereocenters. The number of aryl methyl sites for hydroxylation is 1. The van der Waals surface area contributed by atoms with Crippen molar-refractivity contribution in [2.45, 2.75) is 13.0 Å². The molecule has 0 aliphatic heterocycles. The van der Waals surface area contributed by atoms with Gasteiger partial charge in [0.15, 0.2) is 0 Å². The standard InChI is InChI=1S/C14H14ClFN2/c1-9-3-2-4-10(7-9)14(18-17)12-6-5-11(15)8-13(12)16/h2-8,14,18H,17H2,1H3. The number of halogens is 2. The van der Waals surface area contributed by atoms with Crippen LogP contribution in [0.2, 0.25) is 5.02 Å². The van der Waals surface area contributed by atoms with Crippen LogP contribution < -0.4 is 11.3 Å². The van der Waals surface area contributed by atoms with Gasteiger partial charge in [-0.3, -0.25) is 5.84 Å². The van der Waals surface area contributed by atoms with E-state index in [9.17, 15) is 4.39 Å². The summed E-state index contributed by atoms with van der Waals surface area (Å²) in [5.74, 6) is 5.18. The predicted octanol–water partition coefficient (Wildman–Crippen LogP) is 3.34. The molecular weight excluding hydrogens is 251 g/mol. The smallest absolute Gasteiger partial charge is 0.129 e. The zero-order valence-corrected chi connectivity index (χ0v) is 10.7. The Balaban J connectivity index is 2.45. The number of hydrogen-bond acceptors (Lipinski definition) is 2. The zero-order valence-electron chi connectivity index (χ0n) is 9.95. The average molecular weight is 265 g/mol. The first kappa shape index (κ1) is 13.0. The first-order chi connectivity index (χ1) is 8.61. The second-order valence-electron chi connectivity index (χ2n) is 4.18. The molecule has 0 saturated carbocycles. The Morgan fingerprint density at radius 3 is 2.61 bits per heavy atom. The van der Waals surface area contributed by atoms with Crippen LogP contribution >= 0.6 is 11.6 Å². The molecule has 2 aromatic carbocycles. The van der Waals surface area contributed by atoms with Crippen molar-refractivity contribution < 1.29 is 4.39 Å². The van der Waals surface area contributed by atoms with E-state index in [-0.39, 0.29) is 11.9 Å². The Bertz CT molecular complexity index is 557. The van der Waals surface area contributed by atoms with Crippen molar-refractivity contribution in [3.8, 4) is 0 Å². The molecule has 2 nitrogen and oxygen atoms in total. The molecule has 0 radical (unpaired) electrons. The number of nitrogens with one attached hydrogen (secondary N) is 1. The molecule has 0 heterocycles. The van der Waals surface area contributed by atoms with Gasteiger partial charge in [-0.15, -0.1) is 0 Å². The molecular formula is C14H14ClFN2. The fraction of sp³-hybridized carbons (Fsp3) is 0.143. The molecule has 0 amide bonds. The predicted molar refractivity (Wildman–Crippen MR) is 71.8 cm³/mol. The van der Waals surface area contributed by atoms with Crippen LogP contribution in [0.25, 0.3) is 0 Å². The van der Waals surface area contributed by atoms with Crippen molar-refractivity contribution >= 4 is 11.6 Å². The highest BCUT2D eigenvalue weighted by Crippen LogP contribution is 2.26. The van der Waals surface area contributed by atoms with E-state index < -0.39 is 0 Å². The average Bonchev–Trinajstić information content (AvgIpc) is 2.33. The van der Waals surface area contributed by atoms with Gasteiger partial charge in [-0.05, 0) is 24.6 Å². The largest absolute Gasteiger partial charge is 0.271 e. The van der Waals surface area contributed by atoms with Gasteiger partial charge in [0, 0.05) is 10.6 Å². The topological polar surface area (TPSA) is 38.0 Å². The van der Waals surface area contributed by atoms with Crippen LogP contribution in [0.3, 0.4) is 0 Å². The minimum atomic E-state index is -0.387. The third-order valence-electron chi connectivity index (χ3n) is 2.82. The summed E-state index contributed by atoms with van der Waals surface area (Å²) >= 11 is 5.74. The second kappa shape index (κ2) is 5.48. The van der Waals surface area contributed by atoms with E-state index in [4.69, 9.17) is 17.4 Å². The van der Waals surface area contributed by atoms with Crippen LogP contribution in [-0.2, 0) is 0 Å². The Kier molecular flexibility index (Phi) is 3.97. The van der Waals surface area contributed by atoms with Gasteiger partial charge in [-0.2, -0.15) is 0 Å². The van der Waals surface area contributed by atoms with E-state index in [2.05, 4.69) is 5.43 Å². The van der Waals surface area contributed by atoms with Gasteiger partial charge in [0.05, 0.1) is 6.04 Å². The molecule has 0 aliphatic rings. The van der Waals surface area contributed by atoms with Crippen molar-refractivity contribution in [2.75, 3.05) is 0 Å². The summed E-state index contributed by atoms with van der Waals surface area (Å²) in [6.45, 7) is 1.98. The lowest BCUT2D eigenvalue weighted by Crippen LogP contribution is -2.29. The maximum atomic E-state index is 13.9. The molecule has 3 N–H and O–H groups in total. The molecule has 2 aromatic rings. The minimum Gasteiger partial charge on any atom is -0.271 e. The lowest BCUT2D eigenvalue weighted by atomic mass is 9.97. The van der Waals surface area contributed by atoms with Crippen LogP contribution in [0, 0.1) is 12.7 Å². The van der Waals surface area contributed by atoms with Crippen molar-refractivity contribution in [1.82, 2.24) is 5.43 Å². The van der Waals surface area contributed by atoms with Crippen LogP contribution in [0.5, 0.6) is 0 Å². The van der Waals surface area contributed by atoms with E-state index >= 15 is 0 Å². The molecule has 2 rings (SSSR count). The number of hydrogen-bond donors (Lipinski definition) is 2. The number of rotatable bonds is 3. The molecule has 0 fully saturated rings. The molecule has 0 aromatic heterocycles. The van der Waals surface area contributed by atoms with Gasteiger partial charge < -0.3 is 0 Å². The Hall–Kier alpha value is -1.42. The molecule has 0 saturated heterocycles. The molecule has 18 heavy (non-hydrogen) atoms. The molecule has 4 heteroatoms. The summed E-state index contributed by atoms with van der Waals surface area (Å²) < 4.78 is 13.9. The summed E-state index contributed by atoms with van der Waals surface area (Å²) in [6, 6.07) is 12.0. The van der Waals surface area contributed by atoms with Gasteiger partial charge >= 0.3 is 0 Å². The SMILES string of the molecule is Cc1cccc(C(NN)c2ccc(Cl)cc2F)c1. The summed E-state index contributed by atoms with van der Waals surface area (Å²) in [6.07, 6.45) is 0. The van der Waals surface area contributed by atoms with E-state index in [1.807, 2.05) is 31.2 Å². The van der Waals surface area contributed by atoms with Crippen LogP contribution in [0.15, 0.2) is 42.5 Å². The van der Waals surface area contributed by atoms with Crippen molar-refractivity contribution in [3.63, 3.8) is 0 Å². The Labute approximate surface area is 111 Å². The number of nitrogens with two attached hydrogens (primary N) is 1. The number of hydrazine groups is 1. The maximum Gasteiger partial charge on any atom is 0.129 e. The Morgan fingerprint density at radius 1 is 1.22 bits per heavy atom. The lowest BCUT2D eigenvalue weighted by Gasteiger charge is -2.18. The third-order valence-corrected chi connectivity index (χ3v) is 3.05. The summed E-state index contributed by atoms with van der Waals surface area (Å²) in [7, 11) is 0. The highest BCUT2D eigenvalue weighted by Gasteiger charge is 2.16. The summed E-state index contributed by atoms with van der Waals surface area (Å²) in [4.78, 5) is 0. The molecule has 0 bridgehead atoms. The zero-order chi connectivity index (χ0) is 13.1. The monoisotopic (exact) mass is 264 g/mol. The fourth-order valence-electron chi connectivity index (χ4n) is 1.95. The lowest BCUT2D eigenvalue weighted by molar-refractivity contribution is 0.560. The van der Waals surface area contributed by atoms with Gasteiger partial charge in [0.1, 0.15) is 5.82 Å². The third kappa shape index (κ3) is 2.70. The molecule has 94 valence electrons. The van der Waals surface area contributed by atoms with Gasteiger partial charge in [0.2, 0.25) is 0 Å². The quantitative estimate of drug-likeness (QED) is 0.659. The summed E-state index contributed by atoms with van der Waals surface area (Å²) in [5.41, 5.74) is 5.13. The normalized spacial score (nSPS) is 12.4. The van der Waals surface area contributed by atoms with E-state index in [1.54, 1.807) is 12.1 Å². The summed E-state index contributed by atoms with van der Waals surface area (Å²) in [5, 5.41) is 0.372. The van der Waals surface area contributed by atoms with E-state index in [0.717, 1.165) is 11.1 Å². The van der Waals surface area contributed by atoms with Gasteiger partial charge in [-0.25, -0.2) is 9.82 Å². The molecule has 0 spiro atoms. The first-order valence-electron chi connectivity index (χ1n) is 5.59. The highest BCUT2D eigenvalue weighted by molar-refractivity contribution is 6.30. The van der Waals surface area contributed by atoms with Crippen molar-refractivity contribution in [3.05, 3.63) is 70.0 Å². The number of benzene rings is 2.